The molecule has 0 aromatic heterocycles. The summed E-state index contributed by atoms with van der Waals surface area (Å²) in [5.74, 6) is 0. The van der Waals surface area contributed by atoms with Gasteiger partial charge < -0.3 is 10.5 Å². The SMILES string of the molecule is CCCN(CCCN)S(=O)(=O)NCCOC. The number of methoxy groups -OCH3 is 1. The first-order valence-electron chi connectivity index (χ1n) is 5.52. The molecule has 98 valence electrons. The highest BCUT2D eigenvalue weighted by Gasteiger charge is 2.19. The van der Waals surface area contributed by atoms with E-state index in [1.807, 2.05) is 6.92 Å². The molecule has 0 amide bonds. The third kappa shape index (κ3) is 6.39. The van der Waals surface area contributed by atoms with Gasteiger partial charge in [0, 0.05) is 26.7 Å². The number of nitrogens with one attached hydrogen (secondary N) is 1. The average Bonchev–Trinajstić information content (AvgIpc) is 2.24. The van der Waals surface area contributed by atoms with Gasteiger partial charge in [0.2, 0.25) is 0 Å². The van der Waals surface area contributed by atoms with Crippen LogP contribution < -0.4 is 10.5 Å². The number of nitrogens with two attached hydrogens (primary N) is 1. The molecular formula is C9H23N3O3S. The summed E-state index contributed by atoms with van der Waals surface area (Å²) in [6.45, 7) is 4.08. The normalized spacial score (nSPS) is 12.2. The van der Waals surface area contributed by atoms with Gasteiger partial charge in [-0.05, 0) is 19.4 Å². The molecule has 7 heteroatoms. The molecule has 0 heterocycles. The molecule has 6 nitrogen and oxygen atoms in total. The van der Waals surface area contributed by atoms with E-state index in [0.29, 0.717) is 39.2 Å². The molecule has 0 aromatic rings. The zero-order chi connectivity index (χ0) is 12.4. The number of nitrogens with zero attached hydrogens (tertiary/aromatic N) is 1. The molecule has 0 aliphatic heterocycles. The Hall–Kier alpha value is -0.210. The van der Waals surface area contributed by atoms with Crippen LogP contribution in [-0.4, -0.2) is 52.6 Å². The molecule has 0 radical (unpaired) electrons. The lowest BCUT2D eigenvalue weighted by molar-refractivity contribution is 0.203. The molecule has 0 fully saturated rings. The molecule has 0 saturated heterocycles. The number of ether oxygens (including phenoxy) is 1. The van der Waals surface area contributed by atoms with Crippen molar-refractivity contribution in [2.24, 2.45) is 5.73 Å². The second-order valence-corrected chi connectivity index (χ2v) is 5.19. The Morgan fingerprint density at radius 2 is 2.06 bits per heavy atom. The van der Waals surface area contributed by atoms with E-state index in [2.05, 4.69) is 4.72 Å². The van der Waals surface area contributed by atoms with Crippen LogP contribution in [0, 0.1) is 0 Å². The van der Waals surface area contributed by atoms with E-state index in [1.54, 1.807) is 0 Å². The number of hydrogen-bond donors (Lipinski definition) is 2. The van der Waals surface area contributed by atoms with Crippen molar-refractivity contribution in [2.45, 2.75) is 19.8 Å². The molecule has 3 N–H and O–H groups in total. The van der Waals surface area contributed by atoms with Crippen LogP contribution in [0.2, 0.25) is 0 Å². The van der Waals surface area contributed by atoms with Crippen molar-refractivity contribution in [1.29, 1.82) is 0 Å². The van der Waals surface area contributed by atoms with Crippen molar-refractivity contribution >= 4 is 10.2 Å². The molecule has 0 rings (SSSR count). The smallest absolute Gasteiger partial charge is 0.279 e. The van der Waals surface area contributed by atoms with Crippen LogP contribution in [0.5, 0.6) is 0 Å². The fraction of sp³-hybridized carbons (Fsp3) is 1.00. The highest BCUT2D eigenvalue weighted by atomic mass is 32.2. The summed E-state index contributed by atoms with van der Waals surface area (Å²) in [6, 6.07) is 0. The van der Waals surface area contributed by atoms with Crippen LogP contribution >= 0.6 is 0 Å². The quantitative estimate of drug-likeness (QED) is 0.515. The van der Waals surface area contributed by atoms with E-state index in [0.717, 1.165) is 6.42 Å². The minimum Gasteiger partial charge on any atom is -0.383 e. The Morgan fingerprint density at radius 3 is 2.56 bits per heavy atom. The molecule has 0 aliphatic rings. The minimum atomic E-state index is -3.38. The van der Waals surface area contributed by atoms with E-state index >= 15 is 0 Å². The van der Waals surface area contributed by atoms with Crippen molar-refractivity contribution in [1.82, 2.24) is 9.03 Å². The number of hydrogen-bond acceptors (Lipinski definition) is 4. The molecule has 0 unspecified atom stereocenters. The summed E-state index contributed by atoms with van der Waals surface area (Å²) in [4.78, 5) is 0. The van der Waals surface area contributed by atoms with Gasteiger partial charge in [-0.3, -0.25) is 0 Å². The Kier molecular flexibility index (Phi) is 8.77. The zero-order valence-electron chi connectivity index (χ0n) is 10.1. The standard InChI is InChI=1S/C9H23N3O3S/c1-3-7-12(8-4-5-10)16(13,14)11-6-9-15-2/h11H,3-10H2,1-2H3. The van der Waals surface area contributed by atoms with Gasteiger partial charge in [-0.1, -0.05) is 6.92 Å². The Labute approximate surface area is 98.3 Å². The fourth-order valence-electron chi connectivity index (χ4n) is 1.23. The van der Waals surface area contributed by atoms with Gasteiger partial charge in [0.25, 0.3) is 10.2 Å². The van der Waals surface area contributed by atoms with Gasteiger partial charge >= 0.3 is 0 Å². The van der Waals surface area contributed by atoms with Crippen LogP contribution in [-0.2, 0) is 14.9 Å². The third-order valence-electron chi connectivity index (χ3n) is 2.02. The lowest BCUT2D eigenvalue weighted by Crippen LogP contribution is -2.43. The Bertz CT molecular complexity index is 257. The summed E-state index contributed by atoms with van der Waals surface area (Å²) in [7, 11) is -1.85. The molecule has 0 spiro atoms. The second kappa shape index (κ2) is 8.89. The summed E-state index contributed by atoms with van der Waals surface area (Å²) < 4.78 is 32.3. The van der Waals surface area contributed by atoms with Gasteiger partial charge in [-0.25, -0.2) is 0 Å². The lowest BCUT2D eigenvalue weighted by atomic mass is 10.4. The van der Waals surface area contributed by atoms with E-state index in [4.69, 9.17) is 10.5 Å². The molecule has 0 bridgehead atoms. The van der Waals surface area contributed by atoms with Gasteiger partial charge in [0.15, 0.2) is 0 Å². The lowest BCUT2D eigenvalue weighted by Gasteiger charge is -2.21. The first kappa shape index (κ1) is 15.8. The van der Waals surface area contributed by atoms with E-state index in [1.165, 1.54) is 11.4 Å². The molecule has 0 aliphatic carbocycles. The van der Waals surface area contributed by atoms with Crippen LogP contribution in [0.25, 0.3) is 0 Å². The Morgan fingerprint density at radius 1 is 1.38 bits per heavy atom. The van der Waals surface area contributed by atoms with Crippen LogP contribution in [0.15, 0.2) is 0 Å². The predicted octanol–water partition coefficient (Wildman–Crippen LogP) is -0.472. The third-order valence-corrected chi connectivity index (χ3v) is 3.63. The van der Waals surface area contributed by atoms with E-state index in [9.17, 15) is 8.42 Å². The minimum absolute atomic E-state index is 0.293. The van der Waals surface area contributed by atoms with Crippen LogP contribution in [0.1, 0.15) is 19.8 Å². The van der Waals surface area contributed by atoms with Crippen molar-refractivity contribution in [3.05, 3.63) is 0 Å². The highest BCUT2D eigenvalue weighted by Crippen LogP contribution is 2.00. The van der Waals surface area contributed by atoms with E-state index < -0.39 is 10.2 Å². The van der Waals surface area contributed by atoms with Crippen molar-refractivity contribution in [2.75, 3.05) is 39.9 Å². The fourth-order valence-corrected chi connectivity index (χ4v) is 2.55. The highest BCUT2D eigenvalue weighted by molar-refractivity contribution is 7.87. The Balaban J connectivity index is 4.25. The molecule has 0 saturated carbocycles. The maximum Gasteiger partial charge on any atom is 0.279 e. The average molecular weight is 253 g/mol. The monoisotopic (exact) mass is 253 g/mol. The van der Waals surface area contributed by atoms with Crippen LogP contribution in [0.3, 0.4) is 0 Å². The van der Waals surface area contributed by atoms with Gasteiger partial charge in [0.05, 0.1) is 6.61 Å². The van der Waals surface area contributed by atoms with Crippen molar-refractivity contribution in [3.63, 3.8) is 0 Å². The first-order chi connectivity index (χ1) is 7.58. The van der Waals surface area contributed by atoms with Crippen molar-refractivity contribution < 1.29 is 13.2 Å². The predicted molar refractivity (Wildman–Crippen MR) is 64.3 cm³/mol. The summed E-state index contributed by atoms with van der Waals surface area (Å²) in [6.07, 6.45) is 1.46. The molecular weight excluding hydrogens is 230 g/mol. The van der Waals surface area contributed by atoms with Gasteiger partial charge in [-0.2, -0.15) is 17.4 Å². The van der Waals surface area contributed by atoms with Crippen LogP contribution in [0.4, 0.5) is 0 Å². The van der Waals surface area contributed by atoms with Gasteiger partial charge in [-0.15, -0.1) is 0 Å². The molecule has 0 atom stereocenters. The van der Waals surface area contributed by atoms with Crippen molar-refractivity contribution in [3.8, 4) is 0 Å². The maximum absolute atomic E-state index is 11.8. The topological polar surface area (TPSA) is 84.7 Å². The maximum atomic E-state index is 11.8. The number of rotatable bonds is 10. The summed E-state index contributed by atoms with van der Waals surface area (Å²) in [5, 5.41) is 0. The summed E-state index contributed by atoms with van der Waals surface area (Å²) in [5.41, 5.74) is 5.38. The largest absolute Gasteiger partial charge is 0.383 e. The van der Waals surface area contributed by atoms with E-state index in [-0.39, 0.29) is 0 Å². The van der Waals surface area contributed by atoms with Gasteiger partial charge in [0.1, 0.15) is 0 Å². The zero-order valence-corrected chi connectivity index (χ0v) is 10.9. The summed E-state index contributed by atoms with van der Waals surface area (Å²) >= 11 is 0. The molecule has 0 aromatic carbocycles. The second-order valence-electron chi connectivity index (χ2n) is 3.43. The molecule has 16 heavy (non-hydrogen) atoms. The first-order valence-corrected chi connectivity index (χ1v) is 6.96.